The minimum absolute atomic E-state index is 0.0282. The number of ether oxygens (including phenoxy) is 1. The zero-order valence-electron chi connectivity index (χ0n) is 13.0. The molecule has 2 aromatic heterocycles. The summed E-state index contributed by atoms with van der Waals surface area (Å²) in [5.74, 6) is 1.90. The lowest BCUT2D eigenvalue weighted by molar-refractivity contribution is 0.113. The Bertz CT molecular complexity index is 697. The number of nitrogens with two attached hydrogens (primary N) is 1. The summed E-state index contributed by atoms with van der Waals surface area (Å²) >= 11 is 3.53. The highest BCUT2D eigenvalue weighted by molar-refractivity contribution is 9.10. The first kappa shape index (κ1) is 15.9. The van der Waals surface area contributed by atoms with E-state index in [-0.39, 0.29) is 18.1 Å². The van der Waals surface area contributed by atoms with Gasteiger partial charge in [-0.1, -0.05) is 0 Å². The Morgan fingerprint density at radius 2 is 2.13 bits per heavy atom. The molecule has 1 saturated heterocycles. The predicted octanol–water partition coefficient (Wildman–Crippen LogP) is 1.84. The number of nitrogens with one attached hydrogen (secondary N) is 1. The highest BCUT2D eigenvalue weighted by Crippen LogP contribution is 2.26. The van der Waals surface area contributed by atoms with Crippen molar-refractivity contribution in [2.24, 2.45) is 0 Å². The van der Waals surface area contributed by atoms with E-state index in [1.807, 2.05) is 25.1 Å². The first-order chi connectivity index (χ1) is 11.1. The number of hydrogen-bond acceptors (Lipinski definition) is 7. The van der Waals surface area contributed by atoms with Crippen molar-refractivity contribution in [3.05, 3.63) is 34.6 Å². The standard InChI is InChI=1S/C15H19BrN6O/c1-9-3-4-10(16)14(19-9)20-11-7-22(8-12(11)23-2)13-5-6-18-15(17)21-13/h3-6,11-12H,7-8H2,1-2H3,(H,19,20)(H2,17,18,21)/t11-,12+/m0/s1. The number of aryl methyl sites for hydroxylation is 1. The van der Waals surface area contributed by atoms with Crippen LogP contribution in [-0.2, 0) is 4.74 Å². The summed E-state index contributed by atoms with van der Waals surface area (Å²) in [7, 11) is 1.72. The Morgan fingerprint density at radius 1 is 1.30 bits per heavy atom. The molecule has 0 bridgehead atoms. The minimum Gasteiger partial charge on any atom is -0.377 e. The SMILES string of the molecule is CO[C@@H]1CN(c2ccnc(N)n2)C[C@@H]1Nc1nc(C)ccc1Br. The Kier molecular flexibility index (Phi) is 4.63. The fourth-order valence-electron chi connectivity index (χ4n) is 2.69. The smallest absolute Gasteiger partial charge is 0.221 e. The van der Waals surface area contributed by atoms with Crippen LogP contribution in [0.5, 0.6) is 0 Å². The van der Waals surface area contributed by atoms with Crippen LogP contribution in [0.4, 0.5) is 17.6 Å². The van der Waals surface area contributed by atoms with Gasteiger partial charge in [0, 0.05) is 32.1 Å². The molecular weight excluding hydrogens is 360 g/mol. The number of nitrogen functional groups attached to an aromatic ring is 1. The number of anilines is 3. The molecule has 3 N–H and O–H groups in total. The average Bonchev–Trinajstić information content (AvgIpc) is 2.94. The summed E-state index contributed by atoms with van der Waals surface area (Å²) in [4.78, 5) is 14.9. The van der Waals surface area contributed by atoms with Crippen LogP contribution in [0.1, 0.15) is 5.69 Å². The van der Waals surface area contributed by atoms with Crippen LogP contribution in [0.25, 0.3) is 0 Å². The molecule has 7 nitrogen and oxygen atoms in total. The van der Waals surface area contributed by atoms with Crippen LogP contribution in [0, 0.1) is 6.92 Å². The molecule has 3 heterocycles. The molecule has 0 aliphatic carbocycles. The van der Waals surface area contributed by atoms with Gasteiger partial charge in [-0.2, -0.15) is 4.98 Å². The molecule has 3 rings (SSSR count). The third kappa shape index (κ3) is 3.53. The van der Waals surface area contributed by atoms with Gasteiger partial charge in [0.25, 0.3) is 0 Å². The van der Waals surface area contributed by atoms with Gasteiger partial charge in [-0.15, -0.1) is 0 Å². The van der Waals surface area contributed by atoms with E-state index in [1.165, 1.54) is 0 Å². The number of methoxy groups -OCH3 is 1. The van der Waals surface area contributed by atoms with E-state index in [0.29, 0.717) is 0 Å². The van der Waals surface area contributed by atoms with Crippen molar-refractivity contribution >= 4 is 33.5 Å². The molecule has 0 spiro atoms. The van der Waals surface area contributed by atoms with Gasteiger partial charge < -0.3 is 20.7 Å². The van der Waals surface area contributed by atoms with Crippen molar-refractivity contribution in [2.45, 2.75) is 19.1 Å². The Hall–Kier alpha value is -1.93. The summed E-state index contributed by atoms with van der Waals surface area (Å²) in [5, 5.41) is 3.47. The summed E-state index contributed by atoms with van der Waals surface area (Å²) in [6, 6.07) is 5.91. The van der Waals surface area contributed by atoms with Gasteiger partial charge in [-0.3, -0.25) is 0 Å². The maximum Gasteiger partial charge on any atom is 0.221 e. The van der Waals surface area contributed by atoms with Crippen LogP contribution in [0.2, 0.25) is 0 Å². The number of nitrogens with zero attached hydrogens (tertiary/aromatic N) is 4. The van der Waals surface area contributed by atoms with Crippen molar-refractivity contribution in [3.63, 3.8) is 0 Å². The van der Waals surface area contributed by atoms with Gasteiger partial charge >= 0.3 is 0 Å². The van der Waals surface area contributed by atoms with Crippen molar-refractivity contribution < 1.29 is 4.74 Å². The predicted molar refractivity (Wildman–Crippen MR) is 93.5 cm³/mol. The van der Waals surface area contributed by atoms with Crippen LogP contribution >= 0.6 is 15.9 Å². The monoisotopic (exact) mass is 378 g/mol. The molecule has 122 valence electrons. The van der Waals surface area contributed by atoms with E-state index in [9.17, 15) is 0 Å². The summed E-state index contributed by atoms with van der Waals surface area (Å²) in [5.41, 5.74) is 6.64. The van der Waals surface area contributed by atoms with E-state index in [0.717, 1.165) is 34.9 Å². The Morgan fingerprint density at radius 3 is 2.87 bits per heavy atom. The van der Waals surface area contributed by atoms with E-state index >= 15 is 0 Å². The number of halogens is 1. The molecule has 0 radical (unpaired) electrons. The summed E-state index contributed by atoms with van der Waals surface area (Å²) < 4.78 is 6.56. The zero-order valence-corrected chi connectivity index (χ0v) is 14.6. The van der Waals surface area contributed by atoms with Crippen molar-refractivity contribution in [1.29, 1.82) is 0 Å². The molecule has 0 unspecified atom stereocenters. The van der Waals surface area contributed by atoms with Crippen molar-refractivity contribution in [3.8, 4) is 0 Å². The van der Waals surface area contributed by atoms with Crippen LogP contribution in [0.15, 0.2) is 28.9 Å². The normalized spacial score (nSPS) is 20.7. The highest BCUT2D eigenvalue weighted by atomic mass is 79.9. The molecule has 0 amide bonds. The molecule has 1 aliphatic rings. The third-order valence-electron chi connectivity index (χ3n) is 3.86. The van der Waals surface area contributed by atoms with Crippen molar-refractivity contribution in [2.75, 3.05) is 36.1 Å². The van der Waals surface area contributed by atoms with E-state index in [1.54, 1.807) is 13.3 Å². The zero-order chi connectivity index (χ0) is 16.4. The van der Waals surface area contributed by atoms with Gasteiger partial charge in [0.15, 0.2) is 0 Å². The number of rotatable bonds is 4. The fraction of sp³-hybridized carbons (Fsp3) is 0.400. The summed E-state index contributed by atoms with van der Waals surface area (Å²) in [6.45, 7) is 3.45. The molecule has 2 aromatic rings. The molecule has 2 atom stereocenters. The number of aromatic nitrogens is 3. The van der Waals surface area contributed by atoms with Crippen LogP contribution in [-0.4, -0.2) is 47.3 Å². The lowest BCUT2D eigenvalue weighted by Crippen LogP contribution is -2.34. The number of pyridine rings is 1. The van der Waals surface area contributed by atoms with Crippen molar-refractivity contribution in [1.82, 2.24) is 15.0 Å². The van der Waals surface area contributed by atoms with Gasteiger partial charge in [-0.25, -0.2) is 9.97 Å². The second kappa shape index (κ2) is 6.67. The quantitative estimate of drug-likeness (QED) is 0.838. The topological polar surface area (TPSA) is 89.2 Å². The molecule has 8 heteroatoms. The maximum atomic E-state index is 5.68. The third-order valence-corrected chi connectivity index (χ3v) is 4.50. The molecule has 23 heavy (non-hydrogen) atoms. The van der Waals surface area contributed by atoms with E-state index in [4.69, 9.17) is 10.5 Å². The summed E-state index contributed by atoms with van der Waals surface area (Å²) in [6.07, 6.45) is 1.69. The largest absolute Gasteiger partial charge is 0.377 e. The fourth-order valence-corrected chi connectivity index (χ4v) is 3.03. The van der Waals surface area contributed by atoms with E-state index < -0.39 is 0 Å². The molecule has 1 aliphatic heterocycles. The minimum atomic E-state index is 0.0282. The lowest BCUT2D eigenvalue weighted by Gasteiger charge is -2.20. The van der Waals surface area contributed by atoms with E-state index in [2.05, 4.69) is 41.1 Å². The Labute approximate surface area is 143 Å². The molecular formula is C15H19BrN6O. The molecule has 1 fully saturated rings. The van der Waals surface area contributed by atoms with Crippen LogP contribution < -0.4 is 16.0 Å². The first-order valence-corrected chi connectivity index (χ1v) is 8.12. The molecule has 0 saturated carbocycles. The Balaban J connectivity index is 1.78. The molecule has 0 aromatic carbocycles. The second-order valence-electron chi connectivity index (χ2n) is 5.49. The first-order valence-electron chi connectivity index (χ1n) is 7.33. The maximum absolute atomic E-state index is 5.68. The van der Waals surface area contributed by atoms with Crippen LogP contribution in [0.3, 0.4) is 0 Å². The highest BCUT2D eigenvalue weighted by Gasteiger charge is 2.34. The van der Waals surface area contributed by atoms with Gasteiger partial charge in [0.2, 0.25) is 5.95 Å². The van der Waals surface area contributed by atoms with Gasteiger partial charge in [0.05, 0.1) is 16.6 Å². The van der Waals surface area contributed by atoms with Gasteiger partial charge in [0.1, 0.15) is 11.6 Å². The average molecular weight is 379 g/mol. The number of hydrogen-bond donors (Lipinski definition) is 2. The van der Waals surface area contributed by atoms with Gasteiger partial charge in [-0.05, 0) is 41.1 Å². The lowest BCUT2D eigenvalue weighted by atomic mass is 10.2. The second-order valence-corrected chi connectivity index (χ2v) is 6.34.